The van der Waals surface area contributed by atoms with Crippen molar-refractivity contribution < 1.29 is 9.13 Å². The molecule has 4 heteroatoms. The van der Waals surface area contributed by atoms with E-state index in [1.807, 2.05) is 6.92 Å². The van der Waals surface area contributed by atoms with Crippen LogP contribution in [0.25, 0.3) is 0 Å². The summed E-state index contributed by atoms with van der Waals surface area (Å²) in [5, 5.41) is 3.31. The Bertz CT molecular complexity index is 324. The molecule has 76 valence electrons. The second-order valence-corrected chi connectivity index (χ2v) is 3.45. The molecule has 3 nitrogen and oxygen atoms in total. The minimum atomic E-state index is -0.428. The Morgan fingerprint density at radius 3 is 3.14 bits per heavy atom. The van der Waals surface area contributed by atoms with E-state index in [0.717, 1.165) is 24.3 Å². The molecule has 14 heavy (non-hydrogen) atoms. The smallest absolute Gasteiger partial charge is 0.213 e. The Morgan fingerprint density at radius 2 is 2.50 bits per heavy atom. The van der Waals surface area contributed by atoms with Crippen LogP contribution in [-0.4, -0.2) is 24.7 Å². The van der Waals surface area contributed by atoms with E-state index in [-0.39, 0.29) is 6.04 Å². The van der Waals surface area contributed by atoms with Crippen molar-refractivity contribution in [1.29, 1.82) is 0 Å². The number of morpholine rings is 1. The van der Waals surface area contributed by atoms with Crippen LogP contribution in [0, 0.1) is 12.9 Å². The zero-order valence-electron chi connectivity index (χ0n) is 8.09. The zero-order chi connectivity index (χ0) is 9.97. The summed E-state index contributed by atoms with van der Waals surface area (Å²) in [6.45, 7) is 4.09. The third-order valence-corrected chi connectivity index (χ3v) is 2.41. The van der Waals surface area contributed by atoms with Crippen molar-refractivity contribution in [3.8, 4) is 0 Å². The van der Waals surface area contributed by atoms with Gasteiger partial charge < -0.3 is 10.1 Å². The molecule has 0 radical (unpaired) electrons. The van der Waals surface area contributed by atoms with E-state index in [2.05, 4.69) is 10.3 Å². The number of ether oxygens (including phenoxy) is 1. The van der Waals surface area contributed by atoms with E-state index in [4.69, 9.17) is 4.74 Å². The van der Waals surface area contributed by atoms with Gasteiger partial charge in [0.25, 0.3) is 0 Å². The van der Waals surface area contributed by atoms with Crippen LogP contribution in [0.4, 0.5) is 4.39 Å². The van der Waals surface area contributed by atoms with Gasteiger partial charge in [-0.3, -0.25) is 0 Å². The topological polar surface area (TPSA) is 34.1 Å². The van der Waals surface area contributed by atoms with E-state index < -0.39 is 5.95 Å². The molecule has 2 rings (SSSR count). The van der Waals surface area contributed by atoms with Crippen molar-refractivity contribution in [2.45, 2.75) is 13.0 Å². The maximum Gasteiger partial charge on any atom is 0.213 e. The standard InChI is InChI=1S/C10H13FN2O/c1-7-4-10(11)13-5-8(7)9-6-14-3-2-12-9/h4-5,9,12H,2-3,6H2,1H3/t9-/m1/s1. The van der Waals surface area contributed by atoms with Gasteiger partial charge in [0.05, 0.1) is 19.3 Å². The highest BCUT2D eigenvalue weighted by Gasteiger charge is 2.17. The van der Waals surface area contributed by atoms with Crippen molar-refractivity contribution >= 4 is 0 Å². The lowest BCUT2D eigenvalue weighted by Gasteiger charge is -2.25. The van der Waals surface area contributed by atoms with E-state index >= 15 is 0 Å². The Labute approximate surface area is 82.3 Å². The fraction of sp³-hybridized carbons (Fsp3) is 0.500. The average molecular weight is 196 g/mol. The summed E-state index contributed by atoms with van der Waals surface area (Å²) < 4.78 is 18.1. The molecule has 0 spiro atoms. The Kier molecular flexibility index (Phi) is 2.74. The van der Waals surface area contributed by atoms with Gasteiger partial charge in [-0.15, -0.1) is 0 Å². The molecule has 0 saturated carbocycles. The normalized spacial score (nSPS) is 22.3. The highest BCUT2D eigenvalue weighted by molar-refractivity contribution is 5.25. The maximum absolute atomic E-state index is 12.8. The van der Waals surface area contributed by atoms with Crippen LogP contribution in [-0.2, 0) is 4.74 Å². The van der Waals surface area contributed by atoms with Gasteiger partial charge in [-0.2, -0.15) is 4.39 Å². The molecule has 1 aliphatic heterocycles. The monoisotopic (exact) mass is 196 g/mol. The second kappa shape index (κ2) is 4.02. The summed E-state index contributed by atoms with van der Waals surface area (Å²) in [6.07, 6.45) is 1.58. The van der Waals surface area contributed by atoms with Gasteiger partial charge in [0.15, 0.2) is 0 Å². The fourth-order valence-electron chi connectivity index (χ4n) is 1.66. The lowest BCUT2D eigenvalue weighted by Crippen LogP contribution is -2.35. The van der Waals surface area contributed by atoms with Crippen LogP contribution in [0.1, 0.15) is 17.2 Å². The highest BCUT2D eigenvalue weighted by Crippen LogP contribution is 2.18. The molecule has 0 bridgehead atoms. The number of aryl methyl sites for hydroxylation is 1. The summed E-state index contributed by atoms with van der Waals surface area (Å²) in [4.78, 5) is 3.65. The minimum Gasteiger partial charge on any atom is -0.378 e. The number of hydrogen-bond donors (Lipinski definition) is 1. The van der Waals surface area contributed by atoms with Crippen molar-refractivity contribution in [2.75, 3.05) is 19.8 Å². The number of hydrogen-bond acceptors (Lipinski definition) is 3. The molecular formula is C10H13FN2O. The molecule has 1 aliphatic rings. The van der Waals surface area contributed by atoms with Gasteiger partial charge in [0.1, 0.15) is 0 Å². The van der Waals surface area contributed by atoms with E-state index in [1.54, 1.807) is 6.20 Å². The summed E-state index contributed by atoms with van der Waals surface area (Å²) in [7, 11) is 0. The predicted molar refractivity (Wildman–Crippen MR) is 50.5 cm³/mol. The average Bonchev–Trinajstić information content (AvgIpc) is 2.19. The molecule has 1 atom stereocenters. The summed E-state index contributed by atoms with van der Waals surface area (Å²) in [5.41, 5.74) is 1.94. The first-order valence-electron chi connectivity index (χ1n) is 4.70. The van der Waals surface area contributed by atoms with Crippen LogP contribution in [0.5, 0.6) is 0 Å². The van der Waals surface area contributed by atoms with Crippen molar-refractivity contribution in [1.82, 2.24) is 10.3 Å². The molecular weight excluding hydrogens is 183 g/mol. The number of aromatic nitrogens is 1. The lowest BCUT2D eigenvalue weighted by atomic mass is 10.0. The summed E-state index contributed by atoms with van der Waals surface area (Å²) >= 11 is 0. The fourth-order valence-corrected chi connectivity index (χ4v) is 1.66. The largest absolute Gasteiger partial charge is 0.378 e. The summed E-state index contributed by atoms with van der Waals surface area (Å²) in [6, 6.07) is 1.60. The number of halogens is 1. The van der Waals surface area contributed by atoms with E-state index in [9.17, 15) is 4.39 Å². The van der Waals surface area contributed by atoms with E-state index in [1.165, 1.54) is 6.07 Å². The first-order chi connectivity index (χ1) is 6.77. The minimum absolute atomic E-state index is 0.150. The predicted octanol–water partition coefficient (Wildman–Crippen LogP) is 1.19. The molecule has 0 unspecified atom stereocenters. The third kappa shape index (κ3) is 1.91. The van der Waals surface area contributed by atoms with Gasteiger partial charge in [-0.05, 0) is 24.1 Å². The lowest BCUT2D eigenvalue weighted by molar-refractivity contribution is 0.0765. The molecule has 0 aliphatic carbocycles. The third-order valence-electron chi connectivity index (χ3n) is 2.41. The number of nitrogens with one attached hydrogen (secondary N) is 1. The van der Waals surface area contributed by atoms with Gasteiger partial charge in [-0.25, -0.2) is 4.98 Å². The number of rotatable bonds is 1. The van der Waals surface area contributed by atoms with Crippen LogP contribution in [0.3, 0.4) is 0 Å². The van der Waals surface area contributed by atoms with Gasteiger partial charge in [0.2, 0.25) is 5.95 Å². The second-order valence-electron chi connectivity index (χ2n) is 3.45. The van der Waals surface area contributed by atoms with Crippen LogP contribution < -0.4 is 5.32 Å². The molecule has 0 amide bonds. The highest BCUT2D eigenvalue weighted by atomic mass is 19.1. The molecule has 0 aromatic carbocycles. The van der Waals surface area contributed by atoms with Crippen molar-refractivity contribution in [2.24, 2.45) is 0 Å². The first kappa shape index (κ1) is 9.55. The van der Waals surface area contributed by atoms with Crippen molar-refractivity contribution in [3.05, 3.63) is 29.3 Å². The van der Waals surface area contributed by atoms with Gasteiger partial charge >= 0.3 is 0 Å². The number of pyridine rings is 1. The van der Waals surface area contributed by atoms with E-state index in [0.29, 0.717) is 6.61 Å². The quantitative estimate of drug-likeness (QED) is 0.685. The SMILES string of the molecule is Cc1cc(F)ncc1[C@H]1COCCN1. The Hall–Kier alpha value is -1.00. The molecule has 1 aromatic rings. The Morgan fingerprint density at radius 1 is 1.64 bits per heavy atom. The van der Waals surface area contributed by atoms with Crippen molar-refractivity contribution in [3.63, 3.8) is 0 Å². The molecule has 1 aromatic heterocycles. The Balaban J connectivity index is 2.22. The van der Waals surface area contributed by atoms with Gasteiger partial charge in [0, 0.05) is 12.7 Å². The maximum atomic E-state index is 12.8. The molecule has 2 heterocycles. The molecule has 1 fully saturated rings. The summed E-state index contributed by atoms with van der Waals surface area (Å²) in [5.74, 6) is -0.428. The number of nitrogens with zero attached hydrogens (tertiary/aromatic N) is 1. The molecule has 1 saturated heterocycles. The van der Waals surface area contributed by atoms with Crippen LogP contribution in [0.15, 0.2) is 12.3 Å². The molecule has 1 N–H and O–H groups in total. The van der Waals surface area contributed by atoms with Gasteiger partial charge in [-0.1, -0.05) is 0 Å². The van der Waals surface area contributed by atoms with Crippen LogP contribution >= 0.6 is 0 Å². The first-order valence-corrected chi connectivity index (χ1v) is 4.70. The zero-order valence-corrected chi connectivity index (χ0v) is 8.09. The van der Waals surface area contributed by atoms with Crippen LogP contribution in [0.2, 0.25) is 0 Å².